The highest BCUT2D eigenvalue weighted by atomic mass is 32.2. The Morgan fingerprint density at radius 1 is 0.882 bits per heavy atom. The lowest BCUT2D eigenvalue weighted by Crippen LogP contribution is -2.15. The number of halogens is 1. The maximum absolute atomic E-state index is 13.0. The monoisotopic (exact) mass is 477 g/mol. The molecule has 1 aromatic heterocycles. The molecule has 0 saturated carbocycles. The Bertz CT molecular complexity index is 1380. The molecule has 0 atom stereocenters. The number of pyridine rings is 1. The minimum atomic E-state index is -3.89. The molecule has 0 aliphatic rings. The van der Waals surface area contributed by atoms with Crippen LogP contribution in [0.25, 0.3) is 0 Å². The molecule has 2 N–H and O–H groups in total. The van der Waals surface area contributed by atoms with Crippen LogP contribution < -0.4 is 14.8 Å². The van der Waals surface area contributed by atoms with E-state index in [1.807, 2.05) is 18.2 Å². The van der Waals surface area contributed by atoms with Crippen LogP contribution in [0.4, 0.5) is 15.8 Å². The van der Waals surface area contributed by atoms with E-state index in [0.29, 0.717) is 18.0 Å². The Hall–Kier alpha value is -4.24. The zero-order valence-electron chi connectivity index (χ0n) is 17.8. The fourth-order valence-corrected chi connectivity index (χ4v) is 4.08. The highest BCUT2D eigenvalue weighted by Gasteiger charge is 2.15. The van der Waals surface area contributed by atoms with Gasteiger partial charge >= 0.3 is 0 Å². The van der Waals surface area contributed by atoms with E-state index in [1.54, 1.807) is 30.5 Å². The molecule has 0 spiro atoms. The van der Waals surface area contributed by atoms with Crippen molar-refractivity contribution in [1.82, 2.24) is 4.98 Å². The van der Waals surface area contributed by atoms with Gasteiger partial charge in [-0.2, -0.15) is 0 Å². The van der Waals surface area contributed by atoms with Crippen LogP contribution in [0, 0.1) is 5.82 Å². The lowest BCUT2D eigenvalue weighted by atomic mass is 10.2. The molecule has 0 aliphatic heterocycles. The van der Waals surface area contributed by atoms with Gasteiger partial charge in [0.1, 0.15) is 18.2 Å². The summed E-state index contributed by atoms with van der Waals surface area (Å²) in [6.45, 7) is 0.292. The van der Waals surface area contributed by atoms with Crippen LogP contribution in [0.5, 0.6) is 5.75 Å². The van der Waals surface area contributed by atoms with Gasteiger partial charge in [0.15, 0.2) is 0 Å². The van der Waals surface area contributed by atoms with Crippen molar-refractivity contribution >= 4 is 27.3 Å². The van der Waals surface area contributed by atoms with Crippen molar-refractivity contribution in [2.24, 2.45) is 0 Å². The predicted molar refractivity (Wildman–Crippen MR) is 127 cm³/mol. The first-order valence-corrected chi connectivity index (χ1v) is 11.7. The van der Waals surface area contributed by atoms with Crippen LogP contribution in [-0.4, -0.2) is 19.3 Å². The van der Waals surface area contributed by atoms with Crippen LogP contribution in [0.1, 0.15) is 16.1 Å². The van der Waals surface area contributed by atoms with Crippen molar-refractivity contribution in [1.29, 1.82) is 0 Å². The number of carbonyl (C=O) groups is 1. The first-order valence-electron chi connectivity index (χ1n) is 10.2. The van der Waals surface area contributed by atoms with Gasteiger partial charge < -0.3 is 10.1 Å². The van der Waals surface area contributed by atoms with Crippen molar-refractivity contribution in [3.63, 3.8) is 0 Å². The topological polar surface area (TPSA) is 97.4 Å². The summed E-state index contributed by atoms with van der Waals surface area (Å²) in [5.74, 6) is -0.308. The SMILES string of the molecule is O=C(Nc1cccc(OCc2ccccn2)c1)c1ccc(S(=O)(=O)Nc2ccc(F)cc2)cc1. The normalized spacial score (nSPS) is 11.0. The van der Waals surface area contributed by atoms with E-state index in [4.69, 9.17) is 4.74 Å². The predicted octanol–water partition coefficient (Wildman–Crippen LogP) is 4.85. The largest absolute Gasteiger partial charge is 0.487 e. The zero-order valence-corrected chi connectivity index (χ0v) is 18.6. The second-order valence-corrected chi connectivity index (χ2v) is 8.91. The highest BCUT2D eigenvalue weighted by molar-refractivity contribution is 7.92. The number of sulfonamides is 1. The number of hydrogen-bond donors (Lipinski definition) is 2. The van der Waals surface area contributed by atoms with Gasteiger partial charge in [-0.05, 0) is 72.8 Å². The third-order valence-corrected chi connectivity index (χ3v) is 6.13. The van der Waals surface area contributed by atoms with Crippen LogP contribution >= 0.6 is 0 Å². The summed E-state index contributed by atoms with van der Waals surface area (Å²) in [5, 5.41) is 2.76. The molecule has 7 nitrogen and oxygen atoms in total. The average Bonchev–Trinajstić information content (AvgIpc) is 2.85. The Kier molecular flexibility index (Phi) is 6.84. The van der Waals surface area contributed by atoms with Gasteiger partial charge in [-0.25, -0.2) is 12.8 Å². The van der Waals surface area contributed by atoms with Gasteiger partial charge in [0.2, 0.25) is 0 Å². The van der Waals surface area contributed by atoms with Crippen molar-refractivity contribution in [3.05, 3.63) is 114 Å². The molecule has 172 valence electrons. The molecule has 1 amide bonds. The summed E-state index contributed by atoms with van der Waals surface area (Å²) in [6.07, 6.45) is 1.69. The molecule has 0 saturated heterocycles. The van der Waals surface area contributed by atoms with Gasteiger partial charge in [-0.1, -0.05) is 12.1 Å². The molecule has 0 fully saturated rings. The second kappa shape index (κ2) is 10.1. The van der Waals surface area contributed by atoms with E-state index in [-0.39, 0.29) is 16.1 Å². The number of amides is 1. The summed E-state index contributed by atoms with van der Waals surface area (Å²) in [4.78, 5) is 16.8. The number of aromatic nitrogens is 1. The number of hydrogen-bond acceptors (Lipinski definition) is 5. The molecule has 4 rings (SSSR count). The quantitative estimate of drug-likeness (QED) is 0.378. The van der Waals surface area contributed by atoms with Crippen molar-refractivity contribution in [2.75, 3.05) is 10.0 Å². The lowest BCUT2D eigenvalue weighted by molar-refractivity contribution is 0.102. The minimum absolute atomic E-state index is 0.0294. The second-order valence-electron chi connectivity index (χ2n) is 7.23. The van der Waals surface area contributed by atoms with Crippen molar-refractivity contribution in [2.45, 2.75) is 11.5 Å². The van der Waals surface area contributed by atoms with E-state index in [2.05, 4.69) is 15.0 Å². The zero-order chi connectivity index (χ0) is 24.0. The molecular formula is C25H20FN3O4S. The van der Waals surface area contributed by atoms with Gasteiger partial charge in [-0.15, -0.1) is 0 Å². The molecule has 1 heterocycles. The van der Waals surface area contributed by atoms with E-state index >= 15 is 0 Å². The molecule has 0 radical (unpaired) electrons. The Morgan fingerprint density at radius 2 is 1.65 bits per heavy atom. The lowest BCUT2D eigenvalue weighted by Gasteiger charge is -2.10. The average molecular weight is 478 g/mol. The maximum Gasteiger partial charge on any atom is 0.261 e. The fraction of sp³-hybridized carbons (Fsp3) is 0.0400. The number of benzene rings is 3. The van der Waals surface area contributed by atoms with Crippen molar-refractivity contribution < 1.29 is 22.3 Å². The summed E-state index contributed by atoms with van der Waals surface area (Å²) in [6, 6.07) is 22.9. The fourth-order valence-electron chi connectivity index (χ4n) is 3.03. The van der Waals surface area contributed by atoms with Crippen LogP contribution in [0.2, 0.25) is 0 Å². The van der Waals surface area contributed by atoms with Crippen LogP contribution in [-0.2, 0) is 16.6 Å². The molecule has 34 heavy (non-hydrogen) atoms. The van der Waals surface area contributed by atoms with Gasteiger partial charge in [-0.3, -0.25) is 14.5 Å². The highest BCUT2D eigenvalue weighted by Crippen LogP contribution is 2.20. The smallest absolute Gasteiger partial charge is 0.261 e. The number of carbonyl (C=O) groups excluding carboxylic acids is 1. The minimum Gasteiger partial charge on any atom is -0.487 e. The first-order chi connectivity index (χ1) is 16.4. The molecule has 0 aliphatic carbocycles. The number of nitrogens with one attached hydrogen (secondary N) is 2. The number of ether oxygens (including phenoxy) is 1. The standard InChI is InChI=1S/C25H20FN3O4S/c26-19-9-11-20(12-10-19)29-34(31,32)24-13-7-18(8-14-24)25(30)28-21-5-3-6-23(16-21)33-17-22-4-1-2-15-27-22/h1-16,29H,17H2,(H,28,30). The molecule has 0 unspecified atom stereocenters. The Labute approximate surface area is 196 Å². The molecule has 9 heteroatoms. The first kappa shape index (κ1) is 22.9. The van der Waals surface area contributed by atoms with E-state index < -0.39 is 21.7 Å². The van der Waals surface area contributed by atoms with E-state index in [1.165, 1.54) is 36.4 Å². The Balaban J connectivity index is 1.39. The third-order valence-electron chi connectivity index (χ3n) is 4.73. The molecule has 4 aromatic rings. The van der Waals surface area contributed by atoms with Crippen LogP contribution in [0.15, 0.2) is 102 Å². The van der Waals surface area contributed by atoms with E-state index in [9.17, 15) is 17.6 Å². The van der Waals surface area contributed by atoms with Crippen molar-refractivity contribution in [3.8, 4) is 5.75 Å². The summed E-state index contributed by atoms with van der Waals surface area (Å²) in [7, 11) is -3.89. The number of rotatable bonds is 8. The molecule has 0 bridgehead atoms. The third kappa shape index (κ3) is 5.96. The summed E-state index contributed by atoms with van der Waals surface area (Å²) in [5.41, 5.74) is 1.81. The maximum atomic E-state index is 13.0. The van der Waals surface area contributed by atoms with Gasteiger partial charge in [0.05, 0.1) is 10.6 Å². The summed E-state index contributed by atoms with van der Waals surface area (Å²) < 4.78 is 46.2. The summed E-state index contributed by atoms with van der Waals surface area (Å²) >= 11 is 0. The van der Waals surface area contributed by atoms with Gasteiger partial charge in [0.25, 0.3) is 15.9 Å². The Morgan fingerprint density at radius 3 is 2.35 bits per heavy atom. The number of anilines is 2. The number of nitrogens with zero attached hydrogens (tertiary/aromatic N) is 1. The molecular weight excluding hydrogens is 457 g/mol. The van der Waals surface area contributed by atoms with Crippen LogP contribution in [0.3, 0.4) is 0 Å². The van der Waals surface area contributed by atoms with E-state index in [0.717, 1.165) is 17.8 Å². The van der Waals surface area contributed by atoms with Gasteiger partial charge in [0, 0.05) is 29.2 Å². The molecule has 3 aromatic carbocycles.